The summed E-state index contributed by atoms with van der Waals surface area (Å²) in [5, 5.41) is 7.85. The molecule has 0 unspecified atom stereocenters. The predicted molar refractivity (Wildman–Crippen MR) is 68.6 cm³/mol. The Bertz CT molecular complexity index is 585. The highest BCUT2D eigenvalue weighted by Gasteiger charge is 2.10. The first-order valence-corrected chi connectivity index (χ1v) is 6.00. The summed E-state index contributed by atoms with van der Waals surface area (Å²) in [5.74, 6) is 1.29. The Morgan fingerprint density at radius 1 is 1.44 bits per heavy atom. The molecule has 0 fully saturated rings. The van der Waals surface area contributed by atoms with Crippen molar-refractivity contribution in [3.63, 3.8) is 0 Å². The van der Waals surface area contributed by atoms with Gasteiger partial charge in [0.15, 0.2) is 5.82 Å². The van der Waals surface area contributed by atoms with Crippen molar-refractivity contribution in [3.8, 4) is 5.75 Å². The zero-order chi connectivity index (χ0) is 13.3. The van der Waals surface area contributed by atoms with Gasteiger partial charge < -0.3 is 15.0 Å². The number of nitrogen functional groups attached to an aromatic ring is 1. The molecule has 0 aliphatic heterocycles. The molecule has 7 heteroatoms. The van der Waals surface area contributed by atoms with E-state index in [-0.39, 0.29) is 12.4 Å². The second-order valence-electron chi connectivity index (χ2n) is 3.82. The molecule has 2 N–H and O–H groups in total. The molecular weight excluding hydrogens is 303 g/mol. The van der Waals surface area contributed by atoms with Crippen molar-refractivity contribution in [2.24, 2.45) is 7.05 Å². The van der Waals surface area contributed by atoms with Crippen LogP contribution in [-0.2, 0) is 13.7 Å². The largest absolute Gasteiger partial charge is 0.483 e. The normalized spacial score (nSPS) is 10.7. The third kappa shape index (κ3) is 2.45. The second-order valence-corrected chi connectivity index (χ2v) is 4.67. The van der Waals surface area contributed by atoms with Crippen LogP contribution >= 0.6 is 15.9 Å². The van der Waals surface area contributed by atoms with Crippen molar-refractivity contribution in [3.05, 3.63) is 34.1 Å². The number of aryl methyl sites for hydroxylation is 1. The highest BCUT2D eigenvalue weighted by Crippen LogP contribution is 2.28. The van der Waals surface area contributed by atoms with Crippen LogP contribution in [0.1, 0.15) is 11.6 Å². The maximum atomic E-state index is 13.4. The smallest absolute Gasteiger partial charge is 0.170 e. The molecule has 0 aliphatic rings. The van der Waals surface area contributed by atoms with Gasteiger partial charge in [0.25, 0.3) is 0 Å². The Morgan fingerprint density at radius 3 is 2.78 bits per heavy atom. The quantitative estimate of drug-likeness (QED) is 0.882. The number of anilines is 1. The first-order valence-electron chi connectivity index (χ1n) is 5.21. The van der Waals surface area contributed by atoms with Crippen molar-refractivity contribution >= 4 is 21.6 Å². The lowest BCUT2D eigenvalue weighted by molar-refractivity contribution is 0.291. The number of halogens is 2. The summed E-state index contributed by atoms with van der Waals surface area (Å²) < 4.78 is 20.9. The van der Waals surface area contributed by atoms with Crippen molar-refractivity contribution in [2.45, 2.75) is 13.5 Å². The van der Waals surface area contributed by atoms with Gasteiger partial charge in [0, 0.05) is 13.1 Å². The topological polar surface area (TPSA) is 66.0 Å². The number of nitrogens with zero attached hydrogens (tertiary/aromatic N) is 3. The van der Waals surface area contributed by atoms with Gasteiger partial charge in [0.05, 0.1) is 10.2 Å². The van der Waals surface area contributed by atoms with Gasteiger partial charge in [-0.1, -0.05) is 0 Å². The highest BCUT2D eigenvalue weighted by molar-refractivity contribution is 9.10. The summed E-state index contributed by atoms with van der Waals surface area (Å²) in [5.41, 5.74) is 6.10. The van der Waals surface area contributed by atoms with E-state index in [4.69, 9.17) is 10.5 Å². The molecule has 0 radical (unpaired) electrons. The van der Waals surface area contributed by atoms with Crippen LogP contribution in [0, 0.1) is 12.7 Å². The molecule has 5 nitrogen and oxygen atoms in total. The number of nitrogens with two attached hydrogens (primary N) is 1. The van der Waals surface area contributed by atoms with Crippen molar-refractivity contribution in [1.82, 2.24) is 14.8 Å². The zero-order valence-corrected chi connectivity index (χ0v) is 11.5. The number of aromatic nitrogens is 3. The van der Waals surface area contributed by atoms with Gasteiger partial charge in [-0.05, 0) is 28.9 Å². The minimum absolute atomic E-state index is 0.183. The maximum Gasteiger partial charge on any atom is 0.170 e. The van der Waals surface area contributed by atoms with E-state index in [1.807, 2.05) is 14.0 Å². The molecule has 0 bridgehead atoms. The van der Waals surface area contributed by atoms with E-state index in [2.05, 4.69) is 26.1 Å². The van der Waals surface area contributed by atoms with E-state index in [0.717, 1.165) is 5.82 Å². The molecule has 2 rings (SSSR count). The van der Waals surface area contributed by atoms with Crippen LogP contribution in [-0.4, -0.2) is 14.8 Å². The van der Waals surface area contributed by atoms with Crippen molar-refractivity contribution in [1.29, 1.82) is 0 Å². The molecule has 0 saturated carbocycles. The molecule has 0 aliphatic carbocycles. The summed E-state index contributed by atoms with van der Waals surface area (Å²) in [7, 11) is 1.83. The van der Waals surface area contributed by atoms with Crippen LogP contribution in [0.5, 0.6) is 5.75 Å². The number of benzene rings is 1. The van der Waals surface area contributed by atoms with Crippen molar-refractivity contribution < 1.29 is 9.13 Å². The fourth-order valence-corrected chi connectivity index (χ4v) is 1.75. The molecule has 0 saturated heterocycles. The fourth-order valence-electron chi connectivity index (χ4n) is 1.39. The number of rotatable bonds is 3. The molecule has 96 valence electrons. The van der Waals surface area contributed by atoms with Gasteiger partial charge >= 0.3 is 0 Å². The Morgan fingerprint density at radius 2 is 2.17 bits per heavy atom. The predicted octanol–water partition coefficient (Wildman–Crippen LogP) is 2.19. The van der Waals surface area contributed by atoms with Crippen LogP contribution in [0.4, 0.5) is 10.1 Å². The number of ether oxygens (including phenoxy) is 1. The fraction of sp³-hybridized carbons (Fsp3) is 0.273. The maximum absolute atomic E-state index is 13.4. The van der Waals surface area contributed by atoms with Gasteiger partial charge in [-0.2, -0.15) is 0 Å². The minimum atomic E-state index is -0.423. The van der Waals surface area contributed by atoms with Crippen LogP contribution in [0.2, 0.25) is 0 Å². The molecule has 1 aromatic heterocycles. The van der Waals surface area contributed by atoms with Gasteiger partial charge in [-0.15, -0.1) is 10.2 Å². The van der Waals surface area contributed by atoms with Crippen LogP contribution in [0.15, 0.2) is 16.6 Å². The molecule has 1 heterocycles. The van der Waals surface area contributed by atoms with E-state index in [1.165, 1.54) is 12.1 Å². The highest BCUT2D eigenvalue weighted by atomic mass is 79.9. The van der Waals surface area contributed by atoms with E-state index < -0.39 is 5.82 Å². The second kappa shape index (κ2) is 4.93. The molecule has 1 aromatic carbocycles. The standard InChI is InChI=1S/C11H12BrFN4O/c1-6-15-16-11(17(6)2)5-18-10-4-8(13)7(12)3-9(10)14/h3-4H,5,14H2,1-2H3. The average Bonchev–Trinajstić information content (AvgIpc) is 2.63. The van der Waals surface area contributed by atoms with Gasteiger partial charge in [0.1, 0.15) is 24.0 Å². The summed E-state index contributed by atoms with van der Waals surface area (Å²) in [6.07, 6.45) is 0. The minimum Gasteiger partial charge on any atom is -0.483 e. The number of hydrogen-bond donors (Lipinski definition) is 1. The lowest BCUT2D eigenvalue weighted by Crippen LogP contribution is -2.06. The summed E-state index contributed by atoms with van der Waals surface area (Å²) >= 11 is 3.05. The van der Waals surface area contributed by atoms with Crippen LogP contribution in [0.25, 0.3) is 0 Å². The van der Waals surface area contributed by atoms with Crippen LogP contribution in [0.3, 0.4) is 0 Å². The third-order valence-corrected chi connectivity index (χ3v) is 3.20. The van der Waals surface area contributed by atoms with Gasteiger partial charge in [-0.25, -0.2) is 4.39 Å². The van der Waals surface area contributed by atoms with Crippen molar-refractivity contribution in [2.75, 3.05) is 5.73 Å². The Kier molecular flexibility index (Phi) is 3.51. The Labute approximate surface area is 112 Å². The lowest BCUT2D eigenvalue weighted by atomic mass is 10.3. The summed E-state index contributed by atoms with van der Waals surface area (Å²) in [4.78, 5) is 0. The molecule has 0 amide bonds. The van der Waals surface area contributed by atoms with Crippen LogP contribution < -0.4 is 10.5 Å². The Hall–Kier alpha value is -1.63. The van der Waals surface area contributed by atoms with E-state index in [9.17, 15) is 4.39 Å². The zero-order valence-electron chi connectivity index (χ0n) is 9.94. The van der Waals surface area contributed by atoms with Gasteiger partial charge in [-0.3, -0.25) is 0 Å². The monoisotopic (exact) mass is 314 g/mol. The van der Waals surface area contributed by atoms with E-state index in [0.29, 0.717) is 16.0 Å². The lowest BCUT2D eigenvalue weighted by Gasteiger charge is -2.09. The molecular formula is C11H12BrFN4O. The summed E-state index contributed by atoms with van der Waals surface area (Å²) in [6, 6.07) is 2.70. The molecule has 2 aromatic rings. The molecule has 18 heavy (non-hydrogen) atoms. The first-order chi connectivity index (χ1) is 8.49. The number of hydrogen-bond acceptors (Lipinski definition) is 4. The molecule has 0 atom stereocenters. The van der Waals surface area contributed by atoms with Gasteiger partial charge in [0.2, 0.25) is 0 Å². The van der Waals surface area contributed by atoms with E-state index in [1.54, 1.807) is 4.57 Å². The molecule has 0 spiro atoms. The first kappa shape index (κ1) is 12.8. The average molecular weight is 315 g/mol. The Balaban J connectivity index is 2.16. The third-order valence-electron chi connectivity index (χ3n) is 2.59. The SMILES string of the molecule is Cc1nnc(COc2cc(F)c(Br)cc2N)n1C. The summed E-state index contributed by atoms with van der Waals surface area (Å²) in [6.45, 7) is 2.02. The van der Waals surface area contributed by atoms with E-state index >= 15 is 0 Å².